The fourth-order valence-corrected chi connectivity index (χ4v) is 4.55. The summed E-state index contributed by atoms with van der Waals surface area (Å²) >= 11 is 0. The SMILES string of the molecule is Cc1cc(C)c(NC(=O)Nc2cc(F)c(F)cc2C(=O)NC(C(=O)O)C2CCCCC2)c(C)c1. The summed E-state index contributed by atoms with van der Waals surface area (Å²) in [7, 11) is 0. The average Bonchev–Trinajstić information content (AvgIpc) is 2.77. The van der Waals surface area contributed by atoms with E-state index in [1.54, 1.807) is 0 Å². The van der Waals surface area contributed by atoms with Gasteiger partial charge in [0, 0.05) is 11.8 Å². The van der Waals surface area contributed by atoms with Gasteiger partial charge in [0.25, 0.3) is 5.91 Å². The molecule has 0 heterocycles. The molecule has 1 atom stereocenters. The van der Waals surface area contributed by atoms with E-state index in [2.05, 4.69) is 16.0 Å². The molecule has 1 unspecified atom stereocenters. The molecule has 0 radical (unpaired) electrons. The predicted molar refractivity (Wildman–Crippen MR) is 125 cm³/mol. The van der Waals surface area contributed by atoms with Gasteiger partial charge < -0.3 is 21.1 Å². The Morgan fingerprint density at radius 1 is 0.912 bits per heavy atom. The standard InChI is InChI=1S/C25H29F2N3O4/c1-13-9-14(2)21(15(3)10-13)30-25(34)28-20-12-19(27)18(26)11-17(20)23(31)29-22(24(32)33)16-7-5-4-6-8-16/h9-12,16,22H,4-8H2,1-3H3,(H,29,31)(H,32,33)(H2,28,30,34). The van der Waals surface area contributed by atoms with Crippen LogP contribution in [0.4, 0.5) is 25.0 Å². The second-order valence-electron chi connectivity index (χ2n) is 8.85. The molecule has 2 aromatic carbocycles. The number of aliphatic carboxylic acids is 1. The summed E-state index contributed by atoms with van der Waals surface area (Å²) in [5.74, 6) is -4.90. The predicted octanol–water partition coefficient (Wildman–Crippen LogP) is 5.30. The molecule has 34 heavy (non-hydrogen) atoms. The van der Waals surface area contributed by atoms with Crippen LogP contribution >= 0.6 is 0 Å². The fourth-order valence-electron chi connectivity index (χ4n) is 4.55. The summed E-state index contributed by atoms with van der Waals surface area (Å²) in [4.78, 5) is 37.4. The number of urea groups is 1. The third kappa shape index (κ3) is 5.89. The molecule has 7 nitrogen and oxygen atoms in total. The van der Waals surface area contributed by atoms with Crippen molar-refractivity contribution in [2.75, 3.05) is 10.6 Å². The smallest absolute Gasteiger partial charge is 0.326 e. The molecule has 0 aliphatic heterocycles. The first-order valence-corrected chi connectivity index (χ1v) is 11.3. The van der Waals surface area contributed by atoms with E-state index in [4.69, 9.17) is 0 Å². The molecule has 0 bridgehead atoms. The number of halogens is 2. The topological polar surface area (TPSA) is 108 Å². The van der Waals surface area contributed by atoms with Crippen LogP contribution < -0.4 is 16.0 Å². The van der Waals surface area contributed by atoms with Gasteiger partial charge in [-0.1, -0.05) is 37.0 Å². The Bertz CT molecular complexity index is 1090. The Kier molecular flexibility index (Phi) is 7.86. The van der Waals surface area contributed by atoms with Crippen molar-refractivity contribution in [3.63, 3.8) is 0 Å². The van der Waals surface area contributed by atoms with Crippen LogP contribution in [0.15, 0.2) is 24.3 Å². The van der Waals surface area contributed by atoms with Gasteiger partial charge in [-0.2, -0.15) is 0 Å². The van der Waals surface area contributed by atoms with Crippen molar-refractivity contribution in [1.82, 2.24) is 5.32 Å². The lowest BCUT2D eigenvalue weighted by Crippen LogP contribution is -2.46. The lowest BCUT2D eigenvalue weighted by atomic mass is 9.84. The van der Waals surface area contributed by atoms with Crippen molar-refractivity contribution >= 4 is 29.3 Å². The third-order valence-corrected chi connectivity index (χ3v) is 6.14. The highest BCUT2D eigenvalue weighted by molar-refractivity contribution is 6.07. The lowest BCUT2D eigenvalue weighted by Gasteiger charge is -2.28. The number of aryl methyl sites for hydroxylation is 3. The Labute approximate surface area is 196 Å². The molecule has 1 fully saturated rings. The number of anilines is 2. The van der Waals surface area contributed by atoms with Gasteiger partial charge in [-0.3, -0.25) is 4.79 Å². The van der Waals surface area contributed by atoms with E-state index >= 15 is 0 Å². The number of amides is 3. The molecule has 4 N–H and O–H groups in total. The fraction of sp³-hybridized carbons (Fsp3) is 0.400. The number of benzene rings is 2. The minimum atomic E-state index is -1.29. The molecule has 2 aromatic rings. The molecular formula is C25H29F2N3O4. The first kappa shape index (κ1) is 25.1. The van der Waals surface area contributed by atoms with E-state index in [9.17, 15) is 28.3 Å². The van der Waals surface area contributed by atoms with Gasteiger partial charge in [-0.05, 0) is 56.7 Å². The number of rotatable bonds is 6. The number of hydrogen-bond donors (Lipinski definition) is 4. The van der Waals surface area contributed by atoms with Crippen LogP contribution in [0.25, 0.3) is 0 Å². The number of carboxylic acid groups (broad SMARTS) is 1. The van der Waals surface area contributed by atoms with Gasteiger partial charge in [0.15, 0.2) is 11.6 Å². The monoisotopic (exact) mass is 473 g/mol. The molecule has 182 valence electrons. The van der Waals surface area contributed by atoms with Crippen molar-refractivity contribution < 1.29 is 28.3 Å². The number of nitrogens with one attached hydrogen (secondary N) is 3. The highest BCUT2D eigenvalue weighted by atomic mass is 19.2. The summed E-state index contributed by atoms with van der Waals surface area (Å²) in [6, 6.07) is 3.21. The van der Waals surface area contributed by atoms with E-state index in [0.29, 0.717) is 30.7 Å². The normalized spacial score (nSPS) is 14.9. The summed E-state index contributed by atoms with van der Waals surface area (Å²) in [6.45, 7) is 5.57. The van der Waals surface area contributed by atoms with E-state index in [1.807, 2.05) is 32.9 Å². The Balaban J connectivity index is 1.83. The maximum Gasteiger partial charge on any atom is 0.326 e. The summed E-state index contributed by atoms with van der Waals surface area (Å²) in [6.07, 6.45) is 4.03. The van der Waals surface area contributed by atoms with E-state index < -0.39 is 35.6 Å². The highest BCUT2D eigenvalue weighted by Crippen LogP contribution is 2.28. The second-order valence-corrected chi connectivity index (χ2v) is 8.85. The Hall–Kier alpha value is -3.49. The largest absolute Gasteiger partial charge is 0.480 e. The molecule has 0 spiro atoms. The molecule has 1 aliphatic carbocycles. The maximum atomic E-state index is 14.0. The van der Waals surface area contributed by atoms with Crippen LogP contribution in [-0.2, 0) is 4.79 Å². The van der Waals surface area contributed by atoms with Crippen LogP contribution in [0, 0.1) is 38.3 Å². The lowest BCUT2D eigenvalue weighted by molar-refractivity contribution is -0.141. The van der Waals surface area contributed by atoms with Gasteiger partial charge in [0.05, 0.1) is 11.3 Å². The van der Waals surface area contributed by atoms with Gasteiger partial charge in [0.1, 0.15) is 6.04 Å². The van der Waals surface area contributed by atoms with E-state index in [1.165, 1.54) is 0 Å². The van der Waals surface area contributed by atoms with Crippen LogP contribution in [0.5, 0.6) is 0 Å². The zero-order valence-corrected chi connectivity index (χ0v) is 19.4. The zero-order valence-electron chi connectivity index (χ0n) is 19.4. The first-order valence-electron chi connectivity index (χ1n) is 11.3. The molecule has 3 rings (SSSR count). The number of carbonyl (C=O) groups is 3. The third-order valence-electron chi connectivity index (χ3n) is 6.14. The number of carboxylic acids is 1. The van der Waals surface area contributed by atoms with Crippen molar-refractivity contribution in [3.05, 3.63) is 58.2 Å². The highest BCUT2D eigenvalue weighted by Gasteiger charge is 2.32. The van der Waals surface area contributed by atoms with Crippen LogP contribution in [-0.4, -0.2) is 29.1 Å². The Morgan fingerprint density at radius 2 is 1.50 bits per heavy atom. The Morgan fingerprint density at radius 3 is 2.09 bits per heavy atom. The van der Waals surface area contributed by atoms with Crippen LogP contribution in [0.3, 0.4) is 0 Å². The van der Waals surface area contributed by atoms with Crippen LogP contribution in [0.1, 0.15) is 59.2 Å². The molecule has 0 saturated heterocycles. The minimum absolute atomic E-state index is 0.257. The maximum absolute atomic E-state index is 14.0. The summed E-state index contributed by atoms with van der Waals surface area (Å²) < 4.78 is 28.0. The van der Waals surface area contributed by atoms with Crippen LogP contribution in [0.2, 0.25) is 0 Å². The van der Waals surface area contributed by atoms with Crippen molar-refractivity contribution in [3.8, 4) is 0 Å². The molecule has 1 saturated carbocycles. The molecule has 1 aliphatic rings. The molecule has 3 amide bonds. The van der Waals surface area contributed by atoms with Gasteiger partial charge in [0.2, 0.25) is 0 Å². The average molecular weight is 474 g/mol. The quantitative estimate of drug-likeness (QED) is 0.457. The van der Waals surface area contributed by atoms with Gasteiger partial charge in [-0.15, -0.1) is 0 Å². The van der Waals surface area contributed by atoms with Gasteiger partial charge >= 0.3 is 12.0 Å². The van der Waals surface area contributed by atoms with E-state index in [-0.39, 0.29) is 17.2 Å². The molecule has 9 heteroatoms. The van der Waals surface area contributed by atoms with Gasteiger partial charge in [-0.25, -0.2) is 18.4 Å². The first-order chi connectivity index (χ1) is 16.1. The van der Waals surface area contributed by atoms with Crippen molar-refractivity contribution in [2.45, 2.75) is 58.9 Å². The van der Waals surface area contributed by atoms with Crippen molar-refractivity contribution in [2.24, 2.45) is 5.92 Å². The molecular weight excluding hydrogens is 444 g/mol. The summed E-state index contributed by atoms with van der Waals surface area (Å²) in [5.41, 5.74) is 2.56. The van der Waals surface area contributed by atoms with Crippen molar-refractivity contribution in [1.29, 1.82) is 0 Å². The zero-order chi connectivity index (χ0) is 25.0. The minimum Gasteiger partial charge on any atom is -0.480 e. The number of carbonyl (C=O) groups excluding carboxylic acids is 2. The number of hydrogen-bond acceptors (Lipinski definition) is 3. The molecule has 0 aromatic heterocycles. The summed E-state index contributed by atoms with van der Waals surface area (Å²) in [5, 5.41) is 17.1. The van der Waals surface area contributed by atoms with E-state index in [0.717, 1.165) is 36.0 Å². The second kappa shape index (κ2) is 10.6.